The van der Waals surface area contributed by atoms with Gasteiger partial charge in [0.1, 0.15) is 6.04 Å². The van der Waals surface area contributed by atoms with Gasteiger partial charge in [-0.1, -0.05) is 6.42 Å². The van der Waals surface area contributed by atoms with Gasteiger partial charge in [0.05, 0.1) is 7.11 Å². The molecule has 3 heteroatoms. The number of hydrogen-bond acceptors (Lipinski definition) is 3. The Hall–Kier alpha value is -0.570. The van der Waals surface area contributed by atoms with Crippen LogP contribution in [-0.4, -0.2) is 19.1 Å². The lowest BCUT2D eigenvalue weighted by Crippen LogP contribution is -2.32. The first-order chi connectivity index (χ1) is 7.20. The van der Waals surface area contributed by atoms with E-state index >= 15 is 0 Å². The van der Waals surface area contributed by atoms with Crippen LogP contribution in [0.5, 0.6) is 0 Å². The van der Waals surface area contributed by atoms with Gasteiger partial charge in [-0.05, 0) is 49.9 Å². The number of carbonyl (C=O) groups excluding carboxylic acids is 1. The van der Waals surface area contributed by atoms with E-state index in [1.165, 1.54) is 32.8 Å². The van der Waals surface area contributed by atoms with E-state index in [0.29, 0.717) is 0 Å². The van der Waals surface area contributed by atoms with Crippen molar-refractivity contribution in [1.82, 2.24) is 0 Å². The molecule has 0 aromatic rings. The Morgan fingerprint density at radius 2 is 2.27 bits per heavy atom. The van der Waals surface area contributed by atoms with E-state index in [0.717, 1.165) is 30.6 Å². The van der Waals surface area contributed by atoms with Crippen molar-refractivity contribution in [3.63, 3.8) is 0 Å². The van der Waals surface area contributed by atoms with E-state index in [4.69, 9.17) is 5.73 Å². The number of hydrogen-bond donors (Lipinski definition) is 1. The van der Waals surface area contributed by atoms with Crippen LogP contribution in [0, 0.1) is 17.8 Å². The summed E-state index contributed by atoms with van der Waals surface area (Å²) in [7, 11) is 1.40. The van der Waals surface area contributed by atoms with Gasteiger partial charge in [-0.15, -0.1) is 0 Å². The number of methoxy groups -OCH3 is 1. The van der Waals surface area contributed by atoms with Crippen LogP contribution in [0.1, 0.15) is 38.5 Å². The Kier molecular flexibility index (Phi) is 3.29. The van der Waals surface area contributed by atoms with E-state index in [9.17, 15) is 4.79 Å². The van der Waals surface area contributed by atoms with Crippen LogP contribution in [0.25, 0.3) is 0 Å². The summed E-state index contributed by atoms with van der Waals surface area (Å²) in [6.45, 7) is 0. The van der Waals surface area contributed by atoms with Crippen molar-refractivity contribution in [3.05, 3.63) is 0 Å². The summed E-state index contributed by atoms with van der Waals surface area (Å²) in [5.41, 5.74) is 5.73. The number of fused-ring (bicyclic) bond motifs is 2. The van der Waals surface area contributed by atoms with Gasteiger partial charge >= 0.3 is 5.97 Å². The number of carbonyl (C=O) groups is 1. The molecule has 0 aromatic heterocycles. The highest BCUT2D eigenvalue weighted by Gasteiger charge is 2.39. The number of nitrogens with two attached hydrogens (primary N) is 1. The van der Waals surface area contributed by atoms with Gasteiger partial charge in [0.15, 0.2) is 0 Å². The molecule has 0 spiro atoms. The van der Waals surface area contributed by atoms with E-state index < -0.39 is 6.04 Å². The topological polar surface area (TPSA) is 52.3 Å². The van der Waals surface area contributed by atoms with Gasteiger partial charge in [0, 0.05) is 0 Å². The first-order valence-corrected chi connectivity index (χ1v) is 6.04. The zero-order chi connectivity index (χ0) is 10.8. The normalized spacial score (nSPS) is 35.5. The van der Waals surface area contributed by atoms with Crippen molar-refractivity contribution >= 4 is 5.97 Å². The van der Waals surface area contributed by atoms with Crippen LogP contribution in [0.3, 0.4) is 0 Å². The zero-order valence-electron chi connectivity index (χ0n) is 9.45. The molecule has 2 aliphatic carbocycles. The fraction of sp³-hybridized carbons (Fsp3) is 0.917. The minimum atomic E-state index is -0.408. The van der Waals surface area contributed by atoms with Crippen LogP contribution in [0.15, 0.2) is 0 Å². The molecule has 0 radical (unpaired) electrons. The maximum absolute atomic E-state index is 11.1. The summed E-state index contributed by atoms with van der Waals surface area (Å²) in [5, 5.41) is 0. The molecule has 2 N–H and O–H groups in total. The largest absolute Gasteiger partial charge is 0.468 e. The molecule has 4 unspecified atom stereocenters. The molecule has 3 nitrogen and oxygen atoms in total. The Morgan fingerprint density at radius 1 is 1.47 bits per heavy atom. The maximum Gasteiger partial charge on any atom is 0.322 e. The summed E-state index contributed by atoms with van der Waals surface area (Å²) >= 11 is 0. The minimum Gasteiger partial charge on any atom is -0.468 e. The van der Waals surface area contributed by atoms with Gasteiger partial charge in [-0.2, -0.15) is 0 Å². The van der Waals surface area contributed by atoms with Crippen molar-refractivity contribution in [2.24, 2.45) is 23.5 Å². The monoisotopic (exact) mass is 211 g/mol. The number of rotatable bonds is 4. The lowest BCUT2D eigenvalue weighted by Gasteiger charge is -2.22. The highest BCUT2D eigenvalue weighted by molar-refractivity contribution is 5.75. The average molecular weight is 211 g/mol. The fourth-order valence-electron chi connectivity index (χ4n) is 3.39. The molecule has 4 atom stereocenters. The molecule has 0 saturated heterocycles. The van der Waals surface area contributed by atoms with E-state index in [1.54, 1.807) is 0 Å². The summed E-state index contributed by atoms with van der Waals surface area (Å²) in [6.07, 6.45) is 7.54. The van der Waals surface area contributed by atoms with Gasteiger partial charge in [0.2, 0.25) is 0 Å². The SMILES string of the molecule is COC(=O)C(N)CCC1CC2CCC1C2. The van der Waals surface area contributed by atoms with Crippen LogP contribution in [-0.2, 0) is 9.53 Å². The molecule has 2 aliphatic rings. The van der Waals surface area contributed by atoms with Gasteiger partial charge in [-0.25, -0.2) is 0 Å². The van der Waals surface area contributed by atoms with E-state index in [2.05, 4.69) is 4.74 Å². The Balaban J connectivity index is 1.72. The highest BCUT2D eigenvalue weighted by Crippen LogP contribution is 2.49. The second kappa shape index (κ2) is 4.52. The standard InChI is InChI=1S/C12H21NO2/c1-15-12(14)11(13)5-4-10-7-8-2-3-9(10)6-8/h8-11H,2-7,13H2,1H3. The molecule has 0 amide bonds. The van der Waals surface area contributed by atoms with Crippen LogP contribution in [0.4, 0.5) is 0 Å². The lowest BCUT2D eigenvalue weighted by atomic mass is 9.85. The summed E-state index contributed by atoms with van der Waals surface area (Å²) < 4.78 is 4.63. The van der Waals surface area contributed by atoms with Crippen LogP contribution < -0.4 is 5.73 Å². The first-order valence-electron chi connectivity index (χ1n) is 6.04. The third-order valence-corrected chi connectivity index (χ3v) is 4.24. The molecule has 0 aromatic carbocycles. The molecule has 15 heavy (non-hydrogen) atoms. The molecular formula is C12H21NO2. The van der Waals surface area contributed by atoms with Crippen molar-refractivity contribution in [1.29, 1.82) is 0 Å². The molecule has 0 heterocycles. The third-order valence-electron chi connectivity index (χ3n) is 4.24. The van der Waals surface area contributed by atoms with Crippen LogP contribution in [0.2, 0.25) is 0 Å². The van der Waals surface area contributed by atoms with Crippen molar-refractivity contribution in [2.75, 3.05) is 7.11 Å². The lowest BCUT2D eigenvalue weighted by molar-refractivity contribution is -0.142. The molecular weight excluding hydrogens is 190 g/mol. The van der Waals surface area contributed by atoms with Crippen molar-refractivity contribution in [2.45, 2.75) is 44.6 Å². The van der Waals surface area contributed by atoms with Crippen molar-refractivity contribution < 1.29 is 9.53 Å². The fourth-order valence-corrected chi connectivity index (χ4v) is 3.39. The molecule has 2 bridgehead atoms. The quantitative estimate of drug-likeness (QED) is 0.720. The molecule has 2 saturated carbocycles. The van der Waals surface area contributed by atoms with Gasteiger partial charge in [0.25, 0.3) is 0 Å². The Bertz CT molecular complexity index is 242. The average Bonchev–Trinajstić information content (AvgIpc) is 2.86. The van der Waals surface area contributed by atoms with Crippen molar-refractivity contribution in [3.8, 4) is 0 Å². The second-order valence-electron chi connectivity index (χ2n) is 5.14. The first kappa shape index (κ1) is 10.9. The van der Waals surface area contributed by atoms with E-state index in [1.807, 2.05) is 0 Å². The zero-order valence-corrected chi connectivity index (χ0v) is 9.45. The summed E-state index contributed by atoms with van der Waals surface area (Å²) in [4.78, 5) is 11.1. The minimum absolute atomic E-state index is 0.266. The predicted octanol–water partition coefficient (Wildman–Crippen LogP) is 1.70. The maximum atomic E-state index is 11.1. The molecule has 0 aliphatic heterocycles. The van der Waals surface area contributed by atoms with Crippen LogP contribution >= 0.6 is 0 Å². The smallest absolute Gasteiger partial charge is 0.322 e. The van der Waals surface area contributed by atoms with Gasteiger partial charge in [-0.3, -0.25) is 4.79 Å². The second-order valence-corrected chi connectivity index (χ2v) is 5.14. The summed E-state index contributed by atoms with van der Waals surface area (Å²) in [6, 6.07) is -0.408. The predicted molar refractivity (Wildman–Crippen MR) is 58.2 cm³/mol. The molecule has 2 fully saturated rings. The number of esters is 1. The van der Waals surface area contributed by atoms with E-state index in [-0.39, 0.29) is 5.97 Å². The third kappa shape index (κ3) is 2.33. The summed E-state index contributed by atoms with van der Waals surface area (Å²) in [5.74, 6) is 2.48. The molecule has 2 rings (SSSR count). The number of ether oxygens (including phenoxy) is 1. The van der Waals surface area contributed by atoms with Gasteiger partial charge < -0.3 is 10.5 Å². The highest BCUT2D eigenvalue weighted by atomic mass is 16.5. The Labute approximate surface area is 91.4 Å². The Morgan fingerprint density at radius 3 is 2.80 bits per heavy atom. The molecule has 86 valence electrons.